The first-order chi connectivity index (χ1) is 16.0. The molecule has 0 radical (unpaired) electrons. The third kappa shape index (κ3) is 13.1. The van der Waals surface area contributed by atoms with E-state index in [4.69, 9.17) is 10.00 Å². The van der Waals surface area contributed by atoms with Gasteiger partial charge in [0.15, 0.2) is 6.29 Å². The Morgan fingerprint density at radius 3 is 2.67 bits per heavy atom. The van der Waals surface area contributed by atoms with Crippen LogP contribution in [0.4, 0.5) is 0 Å². The molecule has 0 aromatic carbocycles. The van der Waals surface area contributed by atoms with Crippen LogP contribution in [-0.2, 0) is 14.3 Å². The van der Waals surface area contributed by atoms with E-state index < -0.39 is 0 Å². The molecule has 0 bridgehead atoms. The first-order valence-corrected chi connectivity index (χ1v) is 11.6. The highest BCUT2D eigenvalue weighted by Gasteiger charge is 2.15. The summed E-state index contributed by atoms with van der Waals surface area (Å²) < 4.78 is 5.53. The predicted octanol–water partition coefficient (Wildman–Crippen LogP) is 5.76. The van der Waals surface area contributed by atoms with E-state index in [2.05, 4.69) is 24.2 Å². The standard InChI is InChI=1S/C25H36N2O3.C2H3N/c1-5-8-10-20(7-3)19-30-25(29)17-22(13-15-26-4)21-11-12-23(18-28)24(16-21)27-14-9-6-2;1-2-3/h9,12-18,20,26H,5-8,10-11,19H2,1-4H3;1H3/b14-9-,15-13-,22-17+,27-24?;. The predicted molar refractivity (Wildman–Crippen MR) is 136 cm³/mol. The van der Waals surface area contributed by atoms with Gasteiger partial charge < -0.3 is 10.1 Å². The second-order valence-corrected chi connectivity index (χ2v) is 7.45. The number of aliphatic imine (C=N–C) groups is 1. The summed E-state index contributed by atoms with van der Waals surface area (Å²) in [5, 5.41) is 10.3. The number of nitriles is 1. The first-order valence-electron chi connectivity index (χ1n) is 11.6. The average Bonchev–Trinajstić information content (AvgIpc) is 2.82. The number of hydrogen-bond donors (Lipinski definition) is 1. The number of esters is 1. The highest BCUT2D eigenvalue weighted by molar-refractivity contribution is 6.21. The van der Waals surface area contributed by atoms with E-state index in [-0.39, 0.29) is 5.97 Å². The summed E-state index contributed by atoms with van der Waals surface area (Å²) >= 11 is 0. The van der Waals surface area contributed by atoms with Gasteiger partial charge in [-0.2, -0.15) is 5.26 Å². The van der Waals surface area contributed by atoms with Gasteiger partial charge in [-0.05, 0) is 54.7 Å². The van der Waals surface area contributed by atoms with E-state index in [1.807, 2.05) is 31.2 Å². The van der Waals surface area contributed by atoms with Gasteiger partial charge in [0.05, 0.1) is 18.4 Å². The summed E-state index contributed by atoms with van der Waals surface area (Å²) in [4.78, 5) is 28.2. The molecule has 6 heteroatoms. The minimum Gasteiger partial charge on any atom is -0.462 e. The van der Waals surface area contributed by atoms with Crippen molar-refractivity contribution in [2.45, 2.75) is 66.2 Å². The summed E-state index contributed by atoms with van der Waals surface area (Å²) in [7, 11) is 1.80. The summed E-state index contributed by atoms with van der Waals surface area (Å²) in [5.41, 5.74) is 2.80. The van der Waals surface area contributed by atoms with E-state index in [0.29, 0.717) is 30.2 Å². The molecule has 0 saturated carbocycles. The zero-order valence-corrected chi connectivity index (χ0v) is 20.8. The van der Waals surface area contributed by atoms with Gasteiger partial charge in [0.25, 0.3) is 0 Å². The van der Waals surface area contributed by atoms with Crippen LogP contribution >= 0.6 is 0 Å². The minimum absolute atomic E-state index is 0.351. The lowest BCUT2D eigenvalue weighted by atomic mass is 9.92. The van der Waals surface area contributed by atoms with E-state index in [9.17, 15) is 9.59 Å². The third-order valence-electron chi connectivity index (χ3n) is 4.91. The Balaban J connectivity index is 0.00000322. The Labute approximate surface area is 199 Å². The highest BCUT2D eigenvalue weighted by atomic mass is 16.5. The van der Waals surface area contributed by atoms with Crippen molar-refractivity contribution in [2.24, 2.45) is 10.9 Å². The lowest BCUT2D eigenvalue weighted by molar-refractivity contribution is -0.139. The Morgan fingerprint density at radius 2 is 2.09 bits per heavy atom. The van der Waals surface area contributed by atoms with Crippen LogP contribution in [0.1, 0.15) is 66.2 Å². The van der Waals surface area contributed by atoms with Crippen molar-refractivity contribution in [3.8, 4) is 6.07 Å². The number of carbonyl (C=O) groups excluding carboxylic acids is 2. The van der Waals surface area contributed by atoms with Gasteiger partial charge in [-0.3, -0.25) is 9.79 Å². The van der Waals surface area contributed by atoms with Crippen molar-refractivity contribution in [2.75, 3.05) is 13.7 Å². The fourth-order valence-corrected chi connectivity index (χ4v) is 2.98. The van der Waals surface area contributed by atoms with E-state index in [1.165, 1.54) is 13.0 Å². The number of carbonyl (C=O) groups is 2. The molecular weight excluding hydrogens is 414 g/mol. The fraction of sp³-hybridized carbons (Fsp3) is 0.481. The van der Waals surface area contributed by atoms with Gasteiger partial charge in [-0.15, -0.1) is 0 Å². The van der Waals surface area contributed by atoms with Gasteiger partial charge in [-0.1, -0.05) is 52.2 Å². The van der Waals surface area contributed by atoms with Gasteiger partial charge >= 0.3 is 5.97 Å². The number of allylic oxidation sites excluding steroid dienone is 7. The Bertz CT molecular complexity index is 824. The van der Waals surface area contributed by atoms with Crippen molar-refractivity contribution in [1.29, 1.82) is 5.26 Å². The van der Waals surface area contributed by atoms with Crippen molar-refractivity contribution in [3.63, 3.8) is 0 Å². The maximum atomic E-state index is 12.5. The largest absolute Gasteiger partial charge is 0.462 e. The van der Waals surface area contributed by atoms with Gasteiger partial charge in [0, 0.05) is 31.8 Å². The van der Waals surface area contributed by atoms with Crippen molar-refractivity contribution in [3.05, 3.63) is 59.5 Å². The summed E-state index contributed by atoms with van der Waals surface area (Å²) in [5.74, 6) is 0.0470. The maximum absolute atomic E-state index is 12.5. The van der Waals surface area contributed by atoms with Crippen LogP contribution in [0.15, 0.2) is 64.5 Å². The quantitative estimate of drug-likeness (QED) is 0.166. The van der Waals surface area contributed by atoms with Gasteiger partial charge in [0.2, 0.25) is 0 Å². The van der Waals surface area contributed by atoms with Crippen molar-refractivity contribution < 1.29 is 14.3 Å². The molecule has 0 saturated heterocycles. The van der Waals surface area contributed by atoms with E-state index in [0.717, 1.165) is 49.5 Å². The summed E-state index contributed by atoms with van der Waals surface area (Å²) in [6.07, 6.45) is 19.0. The SMILES string of the molecule is CC#N.CC/C=C\N=C1C=C(C(/C=C\NC)=C/C(=O)OCC(CC)CCCC)CC=C1C=O. The van der Waals surface area contributed by atoms with Gasteiger partial charge in [0.1, 0.15) is 0 Å². The molecule has 0 spiro atoms. The number of ether oxygens (including phenoxy) is 1. The van der Waals surface area contributed by atoms with Crippen LogP contribution < -0.4 is 5.32 Å². The minimum atomic E-state index is -0.351. The maximum Gasteiger partial charge on any atom is 0.331 e. The molecule has 1 atom stereocenters. The van der Waals surface area contributed by atoms with Crippen molar-refractivity contribution in [1.82, 2.24) is 5.32 Å². The molecule has 1 aliphatic rings. The van der Waals surface area contributed by atoms with Crippen LogP contribution in [-0.4, -0.2) is 31.6 Å². The van der Waals surface area contributed by atoms with Crippen LogP contribution in [0.3, 0.4) is 0 Å². The Morgan fingerprint density at radius 1 is 1.36 bits per heavy atom. The second-order valence-electron chi connectivity index (χ2n) is 7.45. The molecule has 0 heterocycles. The summed E-state index contributed by atoms with van der Waals surface area (Å²) in [6.45, 7) is 8.19. The van der Waals surface area contributed by atoms with Crippen LogP contribution in [0, 0.1) is 17.2 Å². The number of nitrogens with one attached hydrogen (secondary N) is 1. The average molecular weight is 454 g/mol. The second kappa shape index (κ2) is 19.5. The van der Waals surface area contributed by atoms with Crippen LogP contribution in [0.2, 0.25) is 0 Å². The topological polar surface area (TPSA) is 91.6 Å². The van der Waals surface area contributed by atoms with E-state index >= 15 is 0 Å². The number of unbranched alkanes of at least 4 members (excludes halogenated alkanes) is 1. The molecule has 0 aliphatic heterocycles. The third-order valence-corrected chi connectivity index (χ3v) is 4.91. The zero-order valence-electron chi connectivity index (χ0n) is 20.8. The molecule has 180 valence electrons. The first kappa shape index (κ1) is 29.8. The lowest BCUT2D eigenvalue weighted by Crippen LogP contribution is -2.13. The molecule has 1 rings (SSSR count). The monoisotopic (exact) mass is 453 g/mol. The lowest BCUT2D eigenvalue weighted by Gasteiger charge is -2.15. The molecule has 0 aromatic heterocycles. The number of rotatable bonds is 13. The fourth-order valence-electron chi connectivity index (χ4n) is 2.98. The Hall–Kier alpha value is -3.20. The normalized spacial score (nSPS) is 15.9. The van der Waals surface area contributed by atoms with E-state index in [1.54, 1.807) is 25.5 Å². The molecule has 33 heavy (non-hydrogen) atoms. The molecule has 0 amide bonds. The molecule has 1 aliphatic carbocycles. The molecule has 1 unspecified atom stereocenters. The number of aldehydes is 1. The number of nitrogens with zero attached hydrogens (tertiary/aromatic N) is 2. The number of hydrogen-bond acceptors (Lipinski definition) is 6. The molecule has 0 fully saturated rings. The highest BCUT2D eigenvalue weighted by Crippen LogP contribution is 2.23. The summed E-state index contributed by atoms with van der Waals surface area (Å²) in [6, 6.07) is 1.75. The molecular formula is C27H39N3O3. The smallest absolute Gasteiger partial charge is 0.331 e. The van der Waals surface area contributed by atoms with Gasteiger partial charge in [-0.25, -0.2) is 4.79 Å². The molecule has 1 N–H and O–H groups in total. The zero-order chi connectivity index (χ0) is 24.9. The van der Waals surface area contributed by atoms with Crippen LogP contribution in [0.25, 0.3) is 0 Å². The Kier molecular flexibility index (Phi) is 17.6. The molecule has 6 nitrogen and oxygen atoms in total. The van der Waals surface area contributed by atoms with Crippen molar-refractivity contribution >= 4 is 18.0 Å². The van der Waals surface area contributed by atoms with Crippen LogP contribution in [0.5, 0.6) is 0 Å². The molecule has 0 aromatic rings.